The van der Waals surface area contributed by atoms with Crippen molar-refractivity contribution in [3.63, 3.8) is 0 Å². The second-order valence-corrected chi connectivity index (χ2v) is 3.52. The highest BCUT2D eigenvalue weighted by atomic mass is 16.4. The fourth-order valence-electron chi connectivity index (χ4n) is 1.14. The Bertz CT molecular complexity index is 366. The Labute approximate surface area is 105 Å². The van der Waals surface area contributed by atoms with Crippen LogP contribution in [0.25, 0.3) is 0 Å². The van der Waals surface area contributed by atoms with Gasteiger partial charge in [-0.2, -0.15) is 5.01 Å². The first kappa shape index (κ1) is 15.7. The summed E-state index contributed by atoms with van der Waals surface area (Å²) in [6, 6.07) is 0. The third-order valence-corrected chi connectivity index (χ3v) is 2.04. The van der Waals surface area contributed by atoms with Gasteiger partial charge in [-0.25, -0.2) is 14.6 Å². The van der Waals surface area contributed by atoms with Crippen molar-refractivity contribution in [2.45, 2.75) is 19.8 Å². The molecule has 0 atom stereocenters. The predicted octanol–water partition coefficient (Wildman–Crippen LogP) is 1.29. The summed E-state index contributed by atoms with van der Waals surface area (Å²) in [5.74, 6) is -1.10. The highest BCUT2D eigenvalue weighted by Crippen LogP contribution is 2.12. The van der Waals surface area contributed by atoms with Crippen molar-refractivity contribution in [2.75, 3.05) is 6.54 Å². The molecular formula is C11H16N2O5. The Balaban J connectivity index is 0.000000411. The molecule has 0 unspecified atom stereocenters. The molecule has 100 valence electrons. The molecular weight excluding hydrogens is 240 g/mol. The smallest absolute Gasteiger partial charge is 0.430 e. The molecule has 18 heavy (non-hydrogen) atoms. The molecule has 0 aromatic carbocycles. The molecule has 0 aromatic rings. The van der Waals surface area contributed by atoms with Gasteiger partial charge in [-0.3, -0.25) is 4.79 Å². The van der Waals surface area contributed by atoms with E-state index in [1.54, 1.807) is 0 Å². The lowest BCUT2D eigenvalue weighted by Crippen LogP contribution is -2.42. The molecule has 0 saturated carbocycles. The summed E-state index contributed by atoms with van der Waals surface area (Å²) in [6.45, 7) is 8.37. The highest BCUT2D eigenvalue weighted by Gasteiger charge is 2.27. The van der Waals surface area contributed by atoms with E-state index in [1.807, 2.05) is 0 Å². The van der Waals surface area contributed by atoms with Gasteiger partial charge in [-0.1, -0.05) is 13.2 Å². The van der Waals surface area contributed by atoms with Crippen molar-refractivity contribution in [3.05, 3.63) is 24.9 Å². The molecule has 1 saturated heterocycles. The normalized spacial score (nSPS) is 13.4. The average molecular weight is 256 g/mol. The average Bonchev–Trinajstić information content (AvgIpc) is 2.66. The van der Waals surface area contributed by atoms with Crippen LogP contribution in [0.2, 0.25) is 0 Å². The Morgan fingerprint density at radius 1 is 1.44 bits per heavy atom. The summed E-state index contributed by atoms with van der Waals surface area (Å²) < 4.78 is 0. The SMILES string of the molecule is C=C(C)C(=O)O.C=CN(C(=O)O)N1CCCC1=O. The van der Waals surface area contributed by atoms with Gasteiger partial charge < -0.3 is 10.2 Å². The number of nitrogens with zero attached hydrogens (tertiary/aromatic N) is 2. The quantitative estimate of drug-likeness (QED) is 0.741. The number of carboxylic acid groups (broad SMARTS) is 2. The van der Waals surface area contributed by atoms with Gasteiger partial charge in [0.25, 0.3) is 0 Å². The Kier molecular flexibility index (Phi) is 6.19. The van der Waals surface area contributed by atoms with E-state index in [4.69, 9.17) is 10.2 Å². The van der Waals surface area contributed by atoms with E-state index in [0.717, 1.165) is 11.2 Å². The van der Waals surface area contributed by atoms with Gasteiger partial charge in [0, 0.05) is 24.7 Å². The summed E-state index contributed by atoms with van der Waals surface area (Å²) in [4.78, 5) is 31.2. The van der Waals surface area contributed by atoms with Crippen LogP contribution >= 0.6 is 0 Å². The van der Waals surface area contributed by atoms with Crippen molar-refractivity contribution in [1.29, 1.82) is 0 Å². The van der Waals surface area contributed by atoms with Gasteiger partial charge in [0.05, 0.1) is 0 Å². The zero-order valence-electron chi connectivity index (χ0n) is 10.1. The predicted molar refractivity (Wildman–Crippen MR) is 63.5 cm³/mol. The van der Waals surface area contributed by atoms with E-state index in [1.165, 1.54) is 11.9 Å². The van der Waals surface area contributed by atoms with E-state index >= 15 is 0 Å². The topological polar surface area (TPSA) is 98.2 Å². The molecule has 2 amide bonds. The van der Waals surface area contributed by atoms with Crippen molar-refractivity contribution in [2.24, 2.45) is 0 Å². The lowest BCUT2D eigenvalue weighted by Gasteiger charge is -2.24. The van der Waals surface area contributed by atoms with Crippen molar-refractivity contribution >= 4 is 18.0 Å². The number of aliphatic carboxylic acids is 1. The highest BCUT2D eigenvalue weighted by molar-refractivity contribution is 5.84. The molecule has 2 N–H and O–H groups in total. The molecule has 7 nitrogen and oxygen atoms in total. The molecule has 1 rings (SSSR count). The molecule has 0 aromatic heterocycles. The number of carbonyl (C=O) groups excluding carboxylic acids is 1. The maximum atomic E-state index is 11.1. The molecule has 0 radical (unpaired) electrons. The maximum Gasteiger partial charge on any atom is 0.430 e. The van der Waals surface area contributed by atoms with Crippen LogP contribution in [0.15, 0.2) is 24.9 Å². The molecule has 0 aliphatic carbocycles. The number of hydrogen-bond acceptors (Lipinski definition) is 3. The van der Waals surface area contributed by atoms with Crippen LogP contribution in [0.5, 0.6) is 0 Å². The molecule has 1 fully saturated rings. The molecule has 1 aliphatic heterocycles. The Hall–Kier alpha value is -2.31. The maximum absolute atomic E-state index is 11.1. The fraction of sp³-hybridized carbons (Fsp3) is 0.364. The summed E-state index contributed by atoms with van der Waals surface area (Å²) in [5.41, 5.74) is 0.176. The van der Waals surface area contributed by atoms with Gasteiger partial charge in [-0.15, -0.1) is 0 Å². The van der Waals surface area contributed by atoms with E-state index in [-0.39, 0.29) is 11.5 Å². The zero-order chi connectivity index (χ0) is 14.3. The molecule has 1 heterocycles. The number of carbonyl (C=O) groups is 3. The van der Waals surface area contributed by atoms with E-state index < -0.39 is 12.1 Å². The first-order valence-corrected chi connectivity index (χ1v) is 5.15. The second-order valence-electron chi connectivity index (χ2n) is 3.52. The molecule has 1 aliphatic rings. The van der Waals surface area contributed by atoms with Gasteiger partial charge >= 0.3 is 12.1 Å². The minimum Gasteiger partial charge on any atom is -0.478 e. The zero-order valence-corrected chi connectivity index (χ0v) is 10.1. The summed E-state index contributed by atoms with van der Waals surface area (Å²) in [5, 5.41) is 18.5. The second kappa shape index (κ2) is 7.10. The van der Waals surface area contributed by atoms with Crippen molar-refractivity contribution < 1.29 is 24.6 Å². The van der Waals surface area contributed by atoms with Gasteiger partial charge in [0.1, 0.15) is 0 Å². The number of hydrogen-bond donors (Lipinski definition) is 2. The van der Waals surface area contributed by atoms with Crippen LogP contribution in [-0.2, 0) is 9.59 Å². The first-order chi connectivity index (χ1) is 8.31. The van der Waals surface area contributed by atoms with Gasteiger partial charge in [0.15, 0.2) is 0 Å². The molecule has 7 heteroatoms. The monoisotopic (exact) mass is 256 g/mol. The third kappa shape index (κ3) is 4.69. The standard InChI is InChI=1S/C7H10N2O3.C4H6O2/c1-2-8(7(11)12)9-5-3-4-6(9)10;1-3(2)4(5)6/h2H,1,3-5H2,(H,11,12);1H2,2H3,(H,5,6). The van der Waals surface area contributed by atoms with Crippen LogP contribution < -0.4 is 0 Å². The van der Waals surface area contributed by atoms with E-state index in [0.29, 0.717) is 19.4 Å². The summed E-state index contributed by atoms with van der Waals surface area (Å²) in [7, 11) is 0. The fourth-order valence-corrected chi connectivity index (χ4v) is 1.14. The lowest BCUT2D eigenvalue weighted by atomic mass is 10.4. The number of hydrazine groups is 1. The van der Waals surface area contributed by atoms with Crippen LogP contribution in [0.4, 0.5) is 4.79 Å². The van der Waals surface area contributed by atoms with Gasteiger partial charge in [-0.05, 0) is 13.3 Å². The number of carboxylic acids is 1. The van der Waals surface area contributed by atoms with Crippen molar-refractivity contribution in [1.82, 2.24) is 10.0 Å². The lowest BCUT2D eigenvalue weighted by molar-refractivity contribution is -0.137. The van der Waals surface area contributed by atoms with Crippen molar-refractivity contribution in [3.8, 4) is 0 Å². The number of rotatable bonds is 3. The van der Waals surface area contributed by atoms with E-state index in [2.05, 4.69) is 13.2 Å². The molecule has 0 spiro atoms. The van der Waals surface area contributed by atoms with E-state index in [9.17, 15) is 14.4 Å². The number of amides is 2. The minimum atomic E-state index is -1.18. The first-order valence-electron chi connectivity index (χ1n) is 5.15. The largest absolute Gasteiger partial charge is 0.478 e. The third-order valence-electron chi connectivity index (χ3n) is 2.04. The molecule has 0 bridgehead atoms. The Morgan fingerprint density at radius 2 is 1.94 bits per heavy atom. The van der Waals surface area contributed by atoms with Crippen LogP contribution in [0, 0.1) is 0 Å². The summed E-state index contributed by atoms with van der Waals surface area (Å²) >= 11 is 0. The van der Waals surface area contributed by atoms with Crippen LogP contribution in [0.1, 0.15) is 19.8 Å². The van der Waals surface area contributed by atoms with Gasteiger partial charge in [0.2, 0.25) is 5.91 Å². The van der Waals surface area contributed by atoms with Crippen LogP contribution in [0.3, 0.4) is 0 Å². The Morgan fingerprint density at radius 3 is 2.17 bits per heavy atom. The minimum absolute atomic E-state index is 0.169. The summed E-state index contributed by atoms with van der Waals surface area (Å²) in [6.07, 6.45) is 1.06. The van der Waals surface area contributed by atoms with Crippen LogP contribution in [-0.4, -0.2) is 44.7 Å².